The van der Waals surface area contributed by atoms with Crippen molar-refractivity contribution < 1.29 is 9.18 Å². The molecule has 0 saturated carbocycles. The summed E-state index contributed by atoms with van der Waals surface area (Å²) in [5.41, 5.74) is -0.947. The van der Waals surface area contributed by atoms with E-state index in [0.29, 0.717) is 16.5 Å². The summed E-state index contributed by atoms with van der Waals surface area (Å²) < 4.78 is 13.6. The second-order valence-corrected chi connectivity index (χ2v) is 4.28. The van der Waals surface area contributed by atoms with Gasteiger partial charge in [0.25, 0.3) is 5.56 Å². The number of fused-ring (bicyclic) bond motifs is 1. The number of hydrogen-bond acceptors (Lipinski definition) is 3. The van der Waals surface area contributed by atoms with Crippen LogP contribution in [0.25, 0.3) is 10.9 Å². The van der Waals surface area contributed by atoms with Crippen LogP contribution in [-0.4, -0.2) is 20.6 Å². The number of aromatic amines is 2. The fourth-order valence-corrected chi connectivity index (χ4v) is 1.95. The van der Waals surface area contributed by atoms with Gasteiger partial charge in [0.2, 0.25) is 5.82 Å². The predicted octanol–water partition coefficient (Wildman–Crippen LogP) is 1.24. The highest BCUT2D eigenvalue weighted by molar-refractivity contribution is 6.01. The summed E-state index contributed by atoms with van der Waals surface area (Å²) in [7, 11) is 0. The molecule has 0 aliphatic rings. The maximum absolute atomic E-state index is 13.2. The van der Waals surface area contributed by atoms with Gasteiger partial charge in [0, 0.05) is 17.1 Å². The van der Waals surface area contributed by atoms with Crippen molar-refractivity contribution in [3.8, 4) is 0 Å². The molecule has 0 aliphatic carbocycles. The molecule has 106 valence electrons. The van der Waals surface area contributed by atoms with Crippen molar-refractivity contribution in [3.05, 3.63) is 63.3 Å². The Kier molecular flexibility index (Phi) is 2.90. The summed E-state index contributed by atoms with van der Waals surface area (Å²) in [5.74, 6) is -1.22. The van der Waals surface area contributed by atoms with Gasteiger partial charge >= 0.3 is 11.7 Å². The predicted molar refractivity (Wildman–Crippen MR) is 74.0 cm³/mol. The van der Waals surface area contributed by atoms with Crippen molar-refractivity contribution in [1.82, 2.24) is 14.5 Å². The van der Waals surface area contributed by atoms with Gasteiger partial charge in [0.1, 0.15) is 0 Å². The SMILES string of the molecule is O=C(Nc1c[nH]c2ccccc12)n1cc(F)c(=O)[nH]c1=O. The summed E-state index contributed by atoms with van der Waals surface area (Å²) in [6.07, 6.45) is 2.10. The molecule has 2 heterocycles. The Balaban J connectivity index is 1.99. The molecule has 1 aromatic carbocycles. The van der Waals surface area contributed by atoms with Gasteiger partial charge in [-0.3, -0.25) is 9.78 Å². The van der Waals surface area contributed by atoms with Gasteiger partial charge in [0.05, 0.1) is 11.9 Å². The van der Waals surface area contributed by atoms with Crippen LogP contribution in [0.2, 0.25) is 0 Å². The number of carbonyl (C=O) groups excluding carboxylic acids is 1. The molecule has 0 saturated heterocycles. The van der Waals surface area contributed by atoms with E-state index in [1.165, 1.54) is 0 Å². The number of rotatable bonds is 1. The number of H-pyrrole nitrogens is 2. The van der Waals surface area contributed by atoms with E-state index in [-0.39, 0.29) is 0 Å². The molecule has 7 nitrogen and oxygen atoms in total. The highest BCUT2D eigenvalue weighted by Crippen LogP contribution is 2.22. The Labute approximate surface area is 116 Å². The molecule has 0 unspecified atom stereocenters. The number of benzene rings is 1. The number of aromatic nitrogens is 3. The first-order valence-corrected chi connectivity index (χ1v) is 5.95. The summed E-state index contributed by atoms with van der Waals surface area (Å²) in [5, 5.41) is 3.21. The lowest BCUT2D eigenvalue weighted by Crippen LogP contribution is -2.37. The van der Waals surface area contributed by atoms with E-state index >= 15 is 0 Å². The third-order valence-electron chi connectivity index (χ3n) is 2.95. The zero-order chi connectivity index (χ0) is 15.0. The van der Waals surface area contributed by atoms with E-state index in [1.54, 1.807) is 23.3 Å². The van der Waals surface area contributed by atoms with Gasteiger partial charge in [-0.25, -0.2) is 14.2 Å². The Morgan fingerprint density at radius 2 is 2.00 bits per heavy atom. The van der Waals surface area contributed by atoms with Crippen molar-refractivity contribution in [3.63, 3.8) is 0 Å². The van der Waals surface area contributed by atoms with Gasteiger partial charge in [-0.1, -0.05) is 18.2 Å². The molecule has 0 aliphatic heterocycles. The fourth-order valence-electron chi connectivity index (χ4n) is 1.95. The van der Waals surface area contributed by atoms with E-state index in [4.69, 9.17) is 0 Å². The van der Waals surface area contributed by atoms with E-state index in [9.17, 15) is 18.8 Å². The van der Waals surface area contributed by atoms with Crippen LogP contribution in [0.4, 0.5) is 14.9 Å². The van der Waals surface area contributed by atoms with Gasteiger partial charge in [-0.15, -0.1) is 0 Å². The quantitative estimate of drug-likeness (QED) is 0.628. The van der Waals surface area contributed by atoms with Crippen LogP contribution in [0, 0.1) is 5.82 Å². The Bertz CT molecular complexity index is 954. The average molecular weight is 288 g/mol. The second kappa shape index (κ2) is 4.75. The number of amides is 1. The monoisotopic (exact) mass is 288 g/mol. The molecule has 0 spiro atoms. The van der Waals surface area contributed by atoms with Crippen molar-refractivity contribution >= 4 is 22.6 Å². The van der Waals surface area contributed by atoms with Crippen molar-refractivity contribution in [2.24, 2.45) is 0 Å². The smallest absolute Gasteiger partial charge is 0.336 e. The normalized spacial score (nSPS) is 10.7. The lowest BCUT2D eigenvalue weighted by Gasteiger charge is -2.05. The summed E-state index contributed by atoms with van der Waals surface area (Å²) in [4.78, 5) is 39.1. The summed E-state index contributed by atoms with van der Waals surface area (Å²) in [6, 6.07) is 6.33. The third kappa shape index (κ3) is 2.22. The number of nitrogens with one attached hydrogen (secondary N) is 3. The van der Waals surface area contributed by atoms with Crippen LogP contribution in [0.1, 0.15) is 0 Å². The molecule has 0 atom stereocenters. The molecule has 0 fully saturated rings. The lowest BCUT2D eigenvalue weighted by atomic mass is 10.2. The molecule has 3 rings (SSSR count). The van der Waals surface area contributed by atoms with Gasteiger partial charge in [-0.05, 0) is 6.07 Å². The Morgan fingerprint density at radius 3 is 2.81 bits per heavy atom. The number of halogens is 1. The summed E-state index contributed by atoms with van der Waals surface area (Å²) in [6.45, 7) is 0. The number of carbonyl (C=O) groups is 1. The minimum Gasteiger partial charge on any atom is -0.359 e. The van der Waals surface area contributed by atoms with E-state index < -0.39 is 23.1 Å². The number of para-hydroxylation sites is 1. The molecule has 3 aromatic rings. The number of nitrogens with zero attached hydrogens (tertiary/aromatic N) is 1. The molecule has 2 aromatic heterocycles. The first-order valence-electron chi connectivity index (χ1n) is 5.95. The zero-order valence-electron chi connectivity index (χ0n) is 10.5. The lowest BCUT2D eigenvalue weighted by molar-refractivity contribution is 0.252. The topological polar surface area (TPSA) is 99.8 Å². The van der Waals surface area contributed by atoms with Crippen LogP contribution >= 0.6 is 0 Å². The molecule has 0 radical (unpaired) electrons. The van der Waals surface area contributed by atoms with Crippen LogP contribution < -0.4 is 16.6 Å². The van der Waals surface area contributed by atoms with Crippen LogP contribution in [0.5, 0.6) is 0 Å². The fraction of sp³-hybridized carbons (Fsp3) is 0. The highest BCUT2D eigenvalue weighted by Gasteiger charge is 2.13. The number of anilines is 1. The molecule has 3 N–H and O–H groups in total. The second-order valence-electron chi connectivity index (χ2n) is 4.28. The summed E-state index contributed by atoms with van der Waals surface area (Å²) >= 11 is 0. The van der Waals surface area contributed by atoms with Crippen molar-refractivity contribution in [2.75, 3.05) is 5.32 Å². The molecular formula is C13H9FN4O3. The minimum atomic E-state index is -1.22. The first-order chi connectivity index (χ1) is 10.1. The average Bonchev–Trinajstić information content (AvgIpc) is 2.86. The van der Waals surface area contributed by atoms with Gasteiger partial charge < -0.3 is 10.3 Å². The molecular weight excluding hydrogens is 279 g/mol. The van der Waals surface area contributed by atoms with Crippen LogP contribution in [0.3, 0.4) is 0 Å². The standard InChI is InChI=1S/C13H9FN4O3/c14-8-6-18(13(21)17-11(8)19)12(20)16-10-5-15-9-4-2-1-3-7(9)10/h1-6,15H,(H,16,20)(H,17,19,21). The zero-order valence-corrected chi connectivity index (χ0v) is 10.5. The molecule has 21 heavy (non-hydrogen) atoms. The van der Waals surface area contributed by atoms with Crippen molar-refractivity contribution in [2.45, 2.75) is 0 Å². The van der Waals surface area contributed by atoms with Crippen LogP contribution in [-0.2, 0) is 0 Å². The maximum Gasteiger partial charge on any atom is 0.336 e. The van der Waals surface area contributed by atoms with E-state index in [0.717, 1.165) is 10.9 Å². The van der Waals surface area contributed by atoms with E-state index in [2.05, 4.69) is 10.3 Å². The third-order valence-corrected chi connectivity index (χ3v) is 2.95. The van der Waals surface area contributed by atoms with Crippen molar-refractivity contribution in [1.29, 1.82) is 0 Å². The molecule has 0 bridgehead atoms. The minimum absolute atomic E-state index is 0.439. The van der Waals surface area contributed by atoms with Gasteiger partial charge in [0.15, 0.2) is 0 Å². The van der Waals surface area contributed by atoms with E-state index in [1.807, 2.05) is 12.1 Å². The molecule has 8 heteroatoms. The Hall–Kier alpha value is -3.16. The molecule has 1 amide bonds. The van der Waals surface area contributed by atoms with Crippen LogP contribution in [0.15, 0.2) is 46.2 Å². The van der Waals surface area contributed by atoms with Gasteiger partial charge in [-0.2, -0.15) is 4.39 Å². The largest absolute Gasteiger partial charge is 0.359 e. The highest BCUT2D eigenvalue weighted by atomic mass is 19.1. The maximum atomic E-state index is 13.2. The first kappa shape index (κ1) is 12.9. The Morgan fingerprint density at radius 1 is 1.24 bits per heavy atom. The number of hydrogen-bond donors (Lipinski definition) is 3.